The van der Waals surface area contributed by atoms with E-state index in [-0.39, 0.29) is 6.10 Å². The summed E-state index contributed by atoms with van der Waals surface area (Å²) >= 11 is 0. The quantitative estimate of drug-likeness (QED) is 0.908. The summed E-state index contributed by atoms with van der Waals surface area (Å²) < 4.78 is 0. The van der Waals surface area contributed by atoms with Gasteiger partial charge in [-0.05, 0) is 26.6 Å². The number of aliphatic hydroxyl groups excluding tert-OH is 1. The molecule has 1 aliphatic rings. The topological polar surface area (TPSA) is 52.5 Å². The van der Waals surface area contributed by atoms with Gasteiger partial charge >= 0.3 is 0 Å². The van der Waals surface area contributed by atoms with Gasteiger partial charge in [0.05, 0.1) is 23.5 Å². The lowest BCUT2D eigenvalue weighted by Gasteiger charge is -2.29. The number of anilines is 1. The highest BCUT2D eigenvalue weighted by molar-refractivity contribution is 5.91. The molecule has 1 aromatic carbocycles. The zero-order valence-electron chi connectivity index (χ0n) is 11.9. The summed E-state index contributed by atoms with van der Waals surface area (Å²) in [5.41, 5.74) is 1.97. The molecule has 0 amide bonds. The third-order valence-corrected chi connectivity index (χ3v) is 3.80. The van der Waals surface area contributed by atoms with Crippen LogP contribution < -0.4 is 4.90 Å². The highest BCUT2D eigenvalue weighted by atomic mass is 16.3. The van der Waals surface area contributed by atoms with E-state index in [2.05, 4.69) is 40.2 Å². The van der Waals surface area contributed by atoms with Crippen LogP contribution in [-0.4, -0.2) is 59.5 Å². The van der Waals surface area contributed by atoms with Gasteiger partial charge in [0, 0.05) is 24.5 Å². The maximum absolute atomic E-state index is 10.0. The first-order valence-corrected chi connectivity index (χ1v) is 6.95. The van der Waals surface area contributed by atoms with Crippen molar-refractivity contribution in [2.75, 3.05) is 32.1 Å². The normalized spacial score (nSPS) is 22.9. The second-order valence-electron chi connectivity index (χ2n) is 5.70. The lowest BCUT2D eigenvalue weighted by atomic mass is 10.1. The minimum atomic E-state index is -0.271. The summed E-state index contributed by atoms with van der Waals surface area (Å²) in [4.78, 5) is 4.42. The maximum atomic E-state index is 10.0. The van der Waals surface area contributed by atoms with Crippen molar-refractivity contribution in [1.82, 2.24) is 15.1 Å². The van der Waals surface area contributed by atoms with Crippen LogP contribution in [0.2, 0.25) is 0 Å². The molecule has 106 valence electrons. The van der Waals surface area contributed by atoms with Crippen molar-refractivity contribution in [3.05, 3.63) is 30.5 Å². The van der Waals surface area contributed by atoms with Crippen LogP contribution in [0.15, 0.2) is 30.5 Å². The minimum absolute atomic E-state index is 0.271. The third kappa shape index (κ3) is 2.46. The molecule has 2 atom stereocenters. The van der Waals surface area contributed by atoms with Crippen LogP contribution in [0, 0.1) is 0 Å². The van der Waals surface area contributed by atoms with Crippen molar-refractivity contribution in [2.24, 2.45) is 0 Å². The van der Waals surface area contributed by atoms with Gasteiger partial charge in [-0.2, -0.15) is 10.2 Å². The molecule has 2 aromatic rings. The lowest BCUT2D eigenvalue weighted by molar-refractivity contribution is 0.191. The maximum Gasteiger partial charge on any atom is 0.0950 e. The first-order chi connectivity index (χ1) is 9.65. The van der Waals surface area contributed by atoms with E-state index in [1.165, 1.54) is 0 Å². The number of nitrogens with zero attached hydrogens (tertiary/aromatic N) is 4. The molecule has 1 saturated heterocycles. The molecule has 1 aliphatic heterocycles. The molecule has 1 N–H and O–H groups in total. The van der Waals surface area contributed by atoms with E-state index in [0.29, 0.717) is 12.6 Å². The summed E-state index contributed by atoms with van der Waals surface area (Å²) in [5.74, 6) is 0. The Kier molecular flexibility index (Phi) is 3.54. The number of benzene rings is 1. The van der Waals surface area contributed by atoms with Crippen molar-refractivity contribution >= 4 is 16.6 Å². The molecular formula is C15H20N4O. The van der Waals surface area contributed by atoms with Gasteiger partial charge in [-0.3, -0.25) is 0 Å². The Bertz CT molecular complexity index is 596. The van der Waals surface area contributed by atoms with E-state index in [0.717, 1.165) is 29.6 Å². The number of aliphatic hydroxyl groups is 1. The van der Waals surface area contributed by atoms with E-state index in [4.69, 9.17) is 0 Å². The number of aromatic nitrogens is 2. The van der Waals surface area contributed by atoms with E-state index >= 15 is 0 Å². The predicted molar refractivity (Wildman–Crippen MR) is 79.8 cm³/mol. The van der Waals surface area contributed by atoms with Crippen LogP contribution in [-0.2, 0) is 0 Å². The van der Waals surface area contributed by atoms with Crippen LogP contribution in [0.25, 0.3) is 10.9 Å². The molecule has 0 aliphatic carbocycles. The standard InChI is InChI=1S/C15H20N4O/c1-18(2)9-11-7-12(20)10-19(11)15-8-16-17-14-6-4-3-5-13(14)15/h3-6,8,11-12,20H,7,9-10H2,1-2H3. The van der Waals surface area contributed by atoms with E-state index in [1.807, 2.05) is 24.4 Å². The molecule has 3 rings (SSSR count). The monoisotopic (exact) mass is 272 g/mol. The number of fused-ring (bicyclic) bond motifs is 1. The van der Waals surface area contributed by atoms with Crippen LogP contribution >= 0.6 is 0 Å². The fourth-order valence-electron chi connectivity index (χ4n) is 3.00. The molecule has 1 aromatic heterocycles. The molecule has 0 bridgehead atoms. The van der Waals surface area contributed by atoms with Crippen LogP contribution in [0.1, 0.15) is 6.42 Å². The lowest BCUT2D eigenvalue weighted by Crippen LogP contribution is -2.37. The minimum Gasteiger partial charge on any atom is -0.391 e. The van der Waals surface area contributed by atoms with E-state index in [1.54, 1.807) is 0 Å². The Morgan fingerprint density at radius 1 is 1.35 bits per heavy atom. The molecule has 5 heteroatoms. The van der Waals surface area contributed by atoms with Gasteiger partial charge in [0.2, 0.25) is 0 Å². The van der Waals surface area contributed by atoms with Crippen molar-refractivity contribution in [1.29, 1.82) is 0 Å². The Morgan fingerprint density at radius 2 is 2.15 bits per heavy atom. The zero-order valence-corrected chi connectivity index (χ0v) is 11.9. The third-order valence-electron chi connectivity index (χ3n) is 3.80. The van der Waals surface area contributed by atoms with Gasteiger partial charge < -0.3 is 14.9 Å². The molecular weight excluding hydrogens is 252 g/mol. The Morgan fingerprint density at radius 3 is 2.95 bits per heavy atom. The smallest absolute Gasteiger partial charge is 0.0950 e. The number of hydrogen-bond acceptors (Lipinski definition) is 5. The molecule has 2 heterocycles. The highest BCUT2D eigenvalue weighted by Crippen LogP contribution is 2.30. The molecule has 2 unspecified atom stereocenters. The molecule has 5 nitrogen and oxygen atoms in total. The van der Waals surface area contributed by atoms with Crippen LogP contribution in [0.3, 0.4) is 0 Å². The molecule has 20 heavy (non-hydrogen) atoms. The van der Waals surface area contributed by atoms with Gasteiger partial charge in [0.25, 0.3) is 0 Å². The molecule has 0 spiro atoms. The van der Waals surface area contributed by atoms with Crippen molar-refractivity contribution in [2.45, 2.75) is 18.6 Å². The number of β-amino-alcohol motifs (C(OH)–C–C–N with tert-alkyl or cyclic N) is 1. The first-order valence-electron chi connectivity index (χ1n) is 6.95. The van der Waals surface area contributed by atoms with Gasteiger partial charge in [-0.25, -0.2) is 0 Å². The van der Waals surface area contributed by atoms with Crippen LogP contribution in [0.5, 0.6) is 0 Å². The summed E-state index contributed by atoms with van der Waals surface area (Å²) in [5, 5.41) is 19.4. The molecule has 1 fully saturated rings. The zero-order chi connectivity index (χ0) is 14.1. The number of likely N-dealkylation sites (N-methyl/N-ethyl adjacent to an activating group) is 1. The van der Waals surface area contributed by atoms with Gasteiger partial charge in [-0.15, -0.1) is 0 Å². The number of hydrogen-bond donors (Lipinski definition) is 1. The second kappa shape index (κ2) is 5.34. The average molecular weight is 272 g/mol. The van der Waals surface area contributed by atoms with E-state index in [9.17, 15) is 5.11 Å². The largest absolute Gasteiger partial charge is 0.391 e. The van der Waals surface area contributed by atoms with Crippen molar-refractivity contribution < 1.29 is 5.11 Å². The summed E-state index contributed by atoms with van der Waals surface area (Å²) in [6.45, 7) is 1.59. The van der Waals surface area contributed by atoms with Crippen molar-refractivity contribution in [3.63, 3.8) is 0 Å². The Balaban J connectivity index is 2.00. The fourth-order valence-corrected chi connectivity index (χ4v) is 3.00. The Hall–Kier alpha value is -1.72. The summed E-state index contributed by atoms with van der Waals surface area (Å²) in [6.07, 6.45) is 2.34. The van der Waals surface area contributed by atoms with Crippen LogP contribution in [0.4, 0.5) is 5.69 Å². The van der Waals surface area contributed by atoms with Crippen molar-refractivity contribution in [3.8, 4) is 0 Å². The molecule has 0 saturated carbocycles. The summed E-state index contributed by atoms with van der Waals surface area (Å²) in [7, 11) is 4.12. The van der Waals surface area contributed by atoms with Gasteiger partial charge in [0.15, 0.2) is 0 Å². The average Bonchev–Trinajstić information content (AvgIpc) is 2.78. The molecule has 0 radical (unpaired) electrons. The SMILES string of the molecule is CN(C)CC1CC(O)CN1c1cnnc2ccccc12. The van der Waals surface area contributed by atoms with E-state index < -0.39 is 0 Å². The second-order valence-corrected chi connectivity index (χ2v) is 5.70. The highest BCUT2D eigenvalue weighted by Gasteiger charge is 2.32. The Labute approximate surface area is 118 Å². The predicted octanol–water partition coefficient (Wildman–Crippen LogP) is 1.13. The summed E-state index contributed by atoms with van der Waals surface area (Å²) in [6, 6.07) is 8.33. The van der Waals surface area contributed by atoms with Gasteiger partial charge in [0.1, 0.15) is 0 Å². The van der Waals surface area contributed by atoms with Gasteiger partial charge in [-0.1, -0.05) is 18.2 Å². The fraction of sp³-hybridized carbons (Fsp3) is 0.467. The first kappa shape index (κ1) is 13.3. The number of rotatable bonds is 3.